The zero-order valence-electron chi connectivity index (χ0n) is 20.8. The summed E-state index contributed by atoms with van der Waals surface area (Å²) in [6.07, 6.45) is -0.326. The van der Waals surface area contributed by atoms with Crippen molar-refractivity contribution in [1.29, 1.82) is 0 Å². The van der Waals surface area contributed by atoms with E-state index in [9.17, 15) is 34.2 Å². The maximum atomic E-state index is 12.7. The van der Waals surface area contributed by atoms with Gasteiger partial charge in [0, 0.05) is 39.8 Å². The summed E-state index contributed by atoms with van der Waals surface area (Å²) in [7, 11) is 1.56. The lowest BCUT2D eigenvalue weighted by molar-refractivity contribution is -0.146. The third-order valence-electron chi connectivity index (χ3n) is 5.23. The summed E-state index contributed by atoms with van der Waals surface area (Å²) in [5, 5.41) is 36.4. The number of carboxylic acids is 4. The standard InChI is InChI=1S/C21H36N4O11/c1-21(2)35-14-15(36-21)8-22(3)16(26)9-24(11-18(29)30)6-4-23(10-17(27)28)5-7-25(12-19(31)32)13-20(33)34/h15H,4-14H2,1-3H3,(H,27,28)(H,29,30)(H,31,32)(H,33,34). The van der Waals surface area contributed by atoms with Crippen LogP contribution in [0.2, 0.25) is 0 Å². The number of amides is 1. The average Bonchev–Trinajstić information content (AvgIpc) is 3.06. The number of nitrogens with zero attached hydrogens (tertiary/aromatic N) is 4. The highest BCUT2D eigenvalue weighted by Gasteiger charge is 2.34. The van der Waals surface area contributed by atoms with Gasteiger partial charge in [-0.1, -0.05) is 0 Å². The van der Waals surface area contributed by atoms with Crippen LogP contribution in [0.1, 0.15) is 13.8 Å². The van der Waals surface area contributed by atoms with Gasteiger partial charge in [0.05, 0.1) is 39.3 Å². The molecule has 4 N–H and O–H groups in total. The SMILES string of the molecule is CN(CC1COC(C)(C)O1)C(=O)CN(CCN(CCN(CC(=O)O)CC(=O)O)CC(=O)O)CC(=O)O. The second-order valence-electron chi connectivity index (χ2n) is 9.00. The van der Waals surface area contributed by atoms with Gasteiger partial charge in [0.2, 0.25) is 5.91 Å². The molecule has 15 nitrogen and oxygen atoms in total. The van der Waals surface area contributed by atoms with E-state index in [1.54, 1.807) is 20.9 Å². The average molecular weight is 521 g/mol. The minimum atomic E-state index is -1.23. The van der Waals surface area contributed by atoms with Crippen molar-refractivity contribution in [2.45, 2.75) is 25.7 Å². The summed E-state index contributed by atoms with van der Waals surface area (Å²) in [6.45, 7) is 1.96. The van der Waals surface area contributed by atoms with Crippen molar-refractivity contribution in [1.82, 2.24) is 19.6 Å². The fourth-order valence-electron chi connectivity index (χ4n) is 3.60. The molecule has 36 heavy (non-hydrogen) atoms. The van der Waals surface area contributed by atoms with Crippen molar-refractivity contribution >= 4 is 29.8 Å². The Morgan fingerprint density at radius 3 is 1.50 bits per heavy atom. The number of hydrogen-bond acceptors (Lipinski definition) is 10. The molecular weight excluding hydrogens is 484 g/mol. The molecule has 1 unspecified atom stereocenters. The minimum Gasteiger partial charge on any atom is -0.480 e. The van der Waals surface area contributed by atoms with Gasteiger partial charge in [0.15, 0.2) is 5.79 Å². The first-order chi connectivity index (χ1) is 16.7. The highest BCUT2D eigenvalue weighted by atomic mass is 16.7. The summed E-state index contributed by atoms with van der Waals surface area (Å²) in [4.78, 5) is 62.6. The maximum absolute atomic E-state index is 12.7. The van der Waals surface area contributed by atoms with E-state index in [4.69, 9.17) is 19.7 Å². The lowest BCUT2D eigenvalue weighted by atomic mass is 10.3. The van der Waals surface area contributed by atoms with Crippen molar-refractivity contribution in [2.24, 2.45) is 0 Å². The molecule has 0 aromatic heterocycles. The van der Waals surface area contributed by atoms with E-state index in [1.807, 2.05) is 0 Å². The normalized spacial score (nSPS) is 17.0. The molecule has 1 aliphatic heterocycles. The molecule has 1 aliphatic rings. The number of carboxylic acid groups (broad SMARTS) is 4. The number of hydrogen-bond donors (Lipinski definition) is 4. The Morgan fingerprint density at radius 1 is 0.722 bits per heavy atom. The molecule has 0 aromatic carbocycles. The third-order valence-corrected chi connectivity index (χ3v) is 5.23. The first kappa shape index (κ1) is 31.2. The van der Waals surface area contributed by atoms with Crippen LogP contribution in [-0.2, 0) is 33.4 Å². The van der Waals surface area contributed by atoms with Gasteiger partial charge in [-0.25, -0.2) is 0 Å². The third kappa shape index (κ3) is 13.3. The Kier molecular flexibility index (Phi) is 12.7. The van der Waals surface area contributed by atoms with Crippen LogP contribution in [-0.4, -0.2) is 161 Å². The molecule has 1 fully saturated rings. The van der Waals surface area contributed by atoms with E-state index < -0.39 is 55.8 Å². The van der Waals surface area contributed by atoms with Gasteiger partial charge in [-0.05, 0) is 13.8 Å². The molecular formula is C21H36N4O11. The van der Waals surface area contributed by atoms with E-state index in [0.29, 0.717) is 6.61 Å². The summed E-state index contributed by atoms with van der Waals surface area (Å²) in [5.74, 6) is -5.90. The van der Waals surface area contributed by atoms with E-state index in [2.05, 4.69) is 0 Å². The molecule has 0 saturated carbocycles. The molecule has 0 bridgehead atoms. The smallest absolute Gasteiger partial charge is 0.317 e. The Morgan fingerprint density at radius 2 is 1.11 bits per heavy atom. The van der Waals surface area contributed by atoms with Gasteiger partial charge in [-0.2, -0.15) is 0 Å². The van der Waals surface area contributed by atoms with Crippen LogP contribution in [0.15, 0.2) is 0 Å². The first-order valence-electron chi connectivity index (χ1n) is 11.3. The molecule has 15 heteroatoms. The fraction of sp³-hybridized carbons (Fsp3) is 0.762. The molecule has 1 amide bonds. The topological polar surface area (TPSA) is 198 Å². The van der Waals surface area contributed by atoms with Crippen LogP contribution in [0.5, 0.6) is 0 Å². The zero-order chi connectivity index (χ0) is 27.5. The molecule has 0 spiro atoms. The highest BCUT2D eigenvalue weighted by molar-refractivity contribution is 5.79. The molecule has 1 rings (SSSR count). The van der Waals surface area contributed by atoms with Gasteiger partial charge >= 0.3 is 23.9 Å². The Labute approximate surface area is 208 Å². The van der Waals surface area contributed by atoms with Crippen LogP contribution < -0.4 is 0 Å². The van der Waals surface area contributed by atoms with Crippen LogP contribution in [0, 0.1) is 0 Å². The Hall–Kier alpha value is -2.85. The van der Waals surface area contributed by atoms with E-state index in [-0.39, 0.29) is 51.3 Å². The fourth-order valence-corrected chi connectivity index (χ4v) is 3.60. The van der Waals surface area contributed by atoms with Crippen molar-refractivity contribution < 1.29 is 53.9 Å². The van der Waals surface area contributed by atoms with Gasteiger partial charge in [0.1, 0.15) is 6.10 Å². The summed E-state index contributed by atoms with van der Waals surface area (Å²) in [6, 6.07) is 0. The second kappa shape index (κ2) is 14.6. The van der Waals surface area contributed by atoms with Gasteiger partial charge in [-0.3, -0.25) is 38.7 Å². The zero-order valence-corrected chi connectivity index (χ0v) is 20.8. The predicted molar refractivity (Wildman–Crippen MR) is 122 cm³/mol. The molecule has 0 aliphatic carbocycles. The lowest BCUT2D eigenvalue weighted by Crippen LogP contribution is -2.47. The first-order valence-corrected chi connectivity index (χ1v) is 11.3. The predicted octanol–water partition coefficient (Wildman–Crippen LogP) is -2.16. The van der Waals surface area contributed by atoms with Crippen LogP contribution >= 0.6 is 0 Å². The van der Waals surface area contributed by atoms with Gasteiger partial charge < -0.3 is 34.8 Å². The quantitative estimate of drug-likeness (QED) is 0.152. The largest absolute Gasteiger partial charge is 0.480 e. The lowest BCUT2D eigenvalue weighted by Gasteiger charge is -2.29. The molecule has 0 radical (unpaired) electrons. The number of carbonyl (C=O) groups excluding carboxylic acids is 1. The van der Waals surface area contributed by atoms with Crippen LogP contribution in [0.25, 0.3) is 0 Å². The highest BCUT2D eigenvalue weighted by Crippen LogP contribution is 2.22. The monoisotopic (exact) mass is 520 g/mol. The Balaban J connectivity index is 2.72. The van der Waals surface area contributed by atoms with Gasteiger partial charge in [0.25, 0.3) is 0 Å². The Bertz CT molecular complexity index is 776. The molecule has 0 aromatic rings. The number of aliphatic carboxylic acids is 4. The summed E-state index contributed by atoms with van der Waals surface area (Å²) < 4.78 is 11.2. The van der Waals surface area contributed by atoms with Crippen molar-refractivity contribution in [3.63, 3.8) is 0 Å². The number of rotatable bonds is 18. The molecule has 206 valence electrons. The summed E-state index contributed by atoms with van der Waals surface area (Å²) >= 11 is 0. The second-order valence-corrected chi connectivity index (χ2v) is 9.00. The van der Waals surface area contributed by atoms with Crippen molar-refractivity contribution in [2.75, 3.05) is 79.1 Å². The summed E-state index contributed by atoms with van der Waals surface area (Å²) in [5.41, 5.74) is 0. The van der Waals surface area contributed by atoms with E-state index >= 15 is 0 Å². The minimum absolute atomic E-state index is 0.0242. The van der Waals surface area contributed by atoms with E-state index in [1.165, 1.54) is 14.7 Å². The van der Waals surface area contributed by atoms with E-state index in [0.717, 1.165) is 4.90 Å². The van der Waals surface area contributed by atoms with Gasteiger partial charge in [-0.15, -0.1) is 0 Å². The van der Waals surface area contributed by atoms with Crippen LogP contribution in [0.4, 0.5) is 0 Å². The van der Waals surface area contributed by atoms with Crippen molar-refractivity contribution in [3.8, 4) is 0 Å². The number of ether oxygens (including phenoxy) is 2. The molecule has 1 saturated heterocycles. The number of likely N-dealkylation sites (N-methyl/N-ethyl adjacent to an activating group) is 1. The molecule has 1 heterocycles. The maximum Gasteiger partial charge on any atom is 0.317 e. The van der Waals surface area contributed by atoms with Crippen LogP contribution in [0.3, 0.4) is 0 Å². The molecule has 1 atom stereocenters. The van der Waals surface area contributed by atoms with Crippen molar-refractivity contribution in [3.05, 3.63) is 0 Å². The number of carbonyl (C=O) groups is 5.